The van der Waals surface area contributed by atoms with E-state index in [1.165, 1.54) is 12.0 Å². The number of ether oxygens (including phenoxy) is 1. The molecule has 0 aromatic heterocycles. The van der Waals surface area contributed by atoms with E-state index in [4.69, 9.17) is 27.9 Å². The lowest BCUT2D eigenvalue weighted by Gasteiger charge is -2.44. The fourth-order valence-electron chi connectivity index (χ4n) is 6.86. The summed E-state index contributed by atoms with van der Waals surface area (Å²) < 4.78 is 4.85. The molecule has 3 aromatic rings. The maximum Gasteiger partial charge on any atom is 0.325 e. The molecule has 246 valence electrons. The number of rotatable bonds is 8. The van der Waals surface area contributed by atoms with Crippen LogP contribution in [0.3, 0.4) is 0 Å². The first kappa shape index (κ1) is 32.8. The fraction of sp³-hybridized carbons (Fsp3) is 0.371. The number of carbonyl (C=O) groups is 4. The highest BCUT2D eigenvalue weighted by Gasteiger charge is 2.54. The smallest absolute Gasteiger partial charge is 0.325 e. The molecule has 6 rings (SSSR count). The number of carbonyl (C=O) groups excluding carboxylic acids is 4. The molecule has 2 fully saturated rings. The summed E-state index contributed by atoms with van der Waals surface area (Å²) in [5, 5.41) is 7.47. The largest absolute Gasteiger partial charge is 0.468 e. The molecule has 2 saturated heterocycles. The number of benzene rings is 3. The second kappa shape index (κ2) is 13.9. The summed E-state index contributed by atoms with van der Waals surface area (Å²) in [5.41, 5.74) is 2.92. The van der Waals surface area contributed by atoms with E-state index in [2.05, 4.69) is 10.6 Å². The lowest BCUT2D eigenvalue weighted by molar-refractivity contribution is -0.147. The van der Waals surface area contributed by atoms with Crippen LogP contribution in [-0.4, -0.2) is 84.5 Å². The number of nitrogens with one attached hydrogen (secondary N) is 2. The van der Waals surface area contributed by atoms with Crippen LogP contribution in [0.4, 0.5) is 5.69 Å². The zero-order valence-electron chi connectivity index (χ0n) is 26.1. The highest BCUT2D eigenvalue weighted by molar-refractivity contribution is 6.31. The monoisotopic (exact) mass is 677 g/mol. The van der Waals surface area contributed by atoms with Gasteiger partial charge in [0.25, 0.3) is 5.91 Å². The summed E-state index contributed by atoms with van der Waals surface area (Å²) in [6.45, 7) is 1.16. The number of piperidine rings is 1. The average molecular weight is 679 g/mol. The summed E-state index contributed by atoms with van der Waals surface area (Å²) in [6.07, 6.45) is 1.49. The van der Waals surface area contributed by atoms with Crippen molar-refractivity contribution >= 4 is 52.6 Å². The second-order valence-electron chi connectivity index (χ2n) is 12.3. The molecule has 3 aliphatic heterocycles. The van der Waals surface area contributed by atoms with Gasteiger partial charge in [0.15, 0.2) is 0 Å². The van der Waals surface area contributed by atoms with Crippen LogP contribution < -0.4 is 15.5 Å². The van der Waals surface area contributed by atoms with Gasteiger partial charge in [0, 0.05) is 41.8 Å². The molecule has 2 unspecified atom stereocenters. The number of hydrogen-bond donors (Lipinski definition) is 2. The summed E-state index contributed by atoms with van der Waals surface area (Å²) in [5.74, 6) is -1.15. The molecule has 0 saturated carbocycles. The van der Waals surface area contributed by atoms with Gasteiger partial charge >= 0.3 is 5.97 Å². The molecule has 1 spiro atoms. The Morgan fingerprint density at radius 2 is 1.70 bits per heavy atom. The molecule has 2 N–H and O–H groups in total. The standard InChI is InChI=1S/C35H37Cl2N5O5/c1-47-31(43)21-41-22-42(28-8-4-7-27(37)19-28)35(34(41)46)13-15-40(16-14-35)33(45)30(17-23-9-11-26(36)12-10-23)39-32(44)29-18-24-5-2-3-6-25(24)20-38-29/h2-12,19,29-30,38H,13-18,20-22H2,1H3,(H,39,44). The van der Waals surface area contributed by atoms with Crippen molar-refractivity contribution in [3.63, 3.8) is 0 Å². The quantitative estimate of drug-likeness (QED) is 0.351. The zero-order chi connectivity index (χ0) is 33.1. The maximum absolute atomic E-state index is 14.2. The Balaban J connectivity index is 1.21. The number of nitrogens with zero attached hydrogens (tertiary/aromatic N) is 3. The van der Waals surface area contributed by atoms with Crippen molar-refractivity contribution in [1.82, 2.24) is 20.4 Å². The molecule has 0 aliphatic carbocycles. The molecule has 47 heavy (non-hydrogen) atoms. The molecule has 3 heterocycles. The predicted octanol–water partition coefficient (Wildman–Crippen LogP) is 3.58. The molecule has 3 amide bonds. The number of esters is 1. The lowest BCUT2D eigenvalue weighted by Crippen LogP contribution is -2.60. The highest BCUT2D eigenvalue weighted by Crippen LogP contribution is 2.40. The maximum atomic E-state index is 14.2. The van der Waals surface area contributed by atoms with Crippen molar-refractivity contribution in [3.8, 4) is 0 Å². The van der Waals surface area contributed by atoms with Crippen LogP contribution >= 0.6 is 23.2 Å². The summed E-state index contributed by atoms with van der Waals surface area (Å²) in [6, 6.07) is 21.2. The van der Waals surface area contributed by atoms with Crippen LogP contribution in [0, 0.1) is 0 Å². The second-order valence-corrected chi connectivity index (χ2v) is 13.2. The molecule has 3 aromatic carbocycles. The number of methoxy groups -OCH3 is 1. The molecule has 0 radical (unpaired) electrons. The van der Waals surface area contributed by atoms with Crippen molar-refractivity contribution < 1.29 is 23.9 Å². The van der Waals surface area contributed by atoms with Crippen LogP contribution in [0.25, 0.3) is 0 Å². The summed E-state index contributed by atoms with van der Waals surface area (Å²) in [4.78, 5) is 59.1. The number of amides is 3. The molecular weight excluding hydrogens is 641 g/mol. The van der Waals surface area contributed by atoms with Gasteiger partial charge in [0.1, 0.15) is 18.1 Å². The molecule has 10 nitrogen and oxygen atoms in total. The van der Waals surface area contributed by atoms with Crippen LogP contribution in [0.5, 0.6) is 0 Å². The fourth-order valence-corrected chi connectivity index (χ4v) is 7.18. The SMILES string of the molecule is COC(=O)CN1CN(c2cccc(Cl)c2)C2(CCN(C(=O)C(Cc3ccc(Cl)cc3)NC(=O)C3Cc4ccccc4CN3)CC2)C1=O. The van der Waals surface area contributed by atoms with Gasteiger partial charge in [-0.1, -0.05) is 65.7 Å². The Morgan fingerprint density at radius 3 is 2.40 bits per heavy atom. The Kier molecular flexibility index (Phi) is 9.72. The van der Waals surface area contributed by atoms with Gasteiger partial charge in [-0.2, -0.15) is 0 Å². The number of likely N-dealkylation sites (tertiary alicyclic amines) is 1. The molecule has 2 atom stereocenters. The minimum Gasteiger partial charge on any atom is -0.468 e. The minimum absolute atomic E-state index is 0.175. The van der Waals surface area contributed by atoms with Gasteiger partial charge in [0.2, 0.25) is 11.8 Å². The van der Waals surface area contributed by atoms with Crippen molar-refractivity contribution in [2.75, 3.05) is 38.3 Å². The predicted molar refractivity (Wildman–Crippen MR) is 179 cm³/mol. The van der Waals surface area contributed by atoms with Gasteiger partial charge in [-0.05, 0) is 66.3 Å². The topological polar surface area (TPSA) is 111 Å². The first-order valence-corrected chi connectivity index (χ1v) is 16.5. The van der Waals surface area contributed by atoms with Crippen molar-refractivity contribution in [2.45, 2.75) is 49.9 Å². The zero-order valence-corrected chi connectivity index (χ0v) is 27.6. The van der Waals surface area contributed by atoms with E-state index in [1.54, 1.807) is 29.2 Å². The van der Waals surface area contributed by atoms with E-state index in [0.29, 0.717) is 35.9 Å². The lowest BCUT2D eigenvalue weighted by atomic mass is 9.85. The van der Waals surface area contributed by atoms with Gasteiger partial charge in [0.05, 0.1) is 19.8 Å². The van der Waals surface area contributed by atoms with Crippen molar-refractivity contribution in [1.29, 1.82) is 0 Å². The van der Waals surface area contributed by atoms with E-state index in [1.807, 2.05) is 53.4 Å². The first-order valence-electron chi connectivity index (χ1n) is 15.7. The summed E-state index contributed by atoms with van der Waals surface area (Å²) in [7, 11) is 1.29. The highest BCUT2D eigenvalue weighted by atomic mass is 35.5. The van der Waals surface area contributed by atoms with Crippen LogP contribution in [0.1, 0.15) is 29.5 Å². The number of anilines is 1. The summed E-state index contributed by atoms with van der Waals surface area (Å²) >= 11 is 12.4. The van der Waals surface area contributed by atoms with E-state index in [-0.39, 0.29) is 50.4 Å². The van der Waals surface area contributed by atoms with Gasteiger partial charge in [-0.25, -0.2) is 0 Å². The molecular formula is C35H37Cl2N5O5. The van der Waals surface area contributed by atoms with Gasteiger partial charge in [-0.3, -0.25) is 19.2 Å². The number of halogens is 2. The third kappa shape index (κ3) is 6.95. The van der Waals surface area contributed by atoms with Gasteiger partial charge < -0.3 is 30.1 Å². The number of fused-ring (bicyclic) bond motifs is 1. The van der Waals surface area contributed by atoms with E-state index >= 15 is 0 Å². The number of hydrogen-bond acceptors (Lipinski definition) is 7. The normalized spacial score (nSPS) is 19.3. The van der Waals surface area contributed by atoms with E-state index < -0.39 is 23.6 Å². The third-order valence-electron chi connectivity index (χ3n) is 9.45. The van der Waals surface area contributed by atoms with Crippen molar-refractivity contribution in [3.05, 3.63) is 99.5 Å². The molecule has 12 heteroatoms. The van der Waals surface area contributed by atoms with E-state index in [9.17, 15) is 19.2 Å². The molecule has 0 bridgehead atoms. The molecule has 3 aliphatic rings. The average Bonchev–Trinajstić information content (AvgIpc) is 3.34. The third-order valence-corrected chi connectivity index (χ3v) is 9.94. The Hall–Kier alpha value is -4.12. The Bertz CT molecular complexity index is 1660. The Labute approximate surface area is 283 Å². The minimum atomic E-state index is -0.968. The van der Waals surface area contributed by atoms with Crippen LogP contribution in [0.2, 0.25) is 10.0 Å². The van der Waals surface area contributed by atoms with Crippen LogP contribution in [-0.2, 0) is 43.3 Å². The first-order chi connectivity index (χ1) is 22.7. The van der Waals surface area contributed by atoms with Crippen LogP contribution in [0.15, 0.2) is 72.8 Å². The Morgan fingerprint density at radius 1 is 0.979 bits per heavy atom. The van der Waals surface area contributed by atoms with E-state index in [0.717, 1.165) is 22.4 Å². The van der Waals surface area contributed by atoms with Crippen molar-refractivity contribution in [2.24, 2.45) is 0 Å². The van der Waals surface area contributed by atoms with Gasteiger partial charge in [-0.15, -0.1) is 0 Å².